The molecule has 2 heterocycles. The molecule has 1 aromatic rings. The Morgan fingerprint density at radius 3 is 2.65 bits per heavy atom. The van der Waals surface area contributed by atoms with E-state index >= 15 is 0 Å². The zero-order valence-electron chi connectivity index (χ0n) is 11.9. The number of ether oxygens (including phenoxy) is 2. The van der Waals surface area contributed by atoms with Crippen LogP contribution in [0.15, 0.2) is 16.4 Å². The third kappa shape index (κ3) is 2.02. The molecule has 1 aliphatic heterocycles. The molecule has 1 unspecified atom stereocenters. The van der Waals surface area contributed by atoms with E-state index in [2.05, 4.69) is 4.74 Å². The number of hydrogen-bond acceptors (Lipinski definition) is 5. The van der Waals surface area contributed by atoms with Crippen molar-refractivity contribution in [2.24, 2.45) is 0 Å². The van der Waals surface area contributed by atoms with Crippen molar-refractivity contribution in [1.29, 1.82) is 0 Å². The topological polar surface area (TPSA) is 77.8 Å². The molecule has 0 amide bonds. The Hall–Kier alpha value is -2.08. The fraction of sp³-hybridized carbons (Fsp3) is 0.429. The Morgan fingerprint density at radius 2 is 2.10 bits per heavy atom. The normalized spacial score (nSPS) is 15.2. The highest BCUT2D eigenvalue weighted by Crippen LogP contribution is 2.28. The number of aliphatic hydroxyl groups excluding tert-OH is 1. The molecule has 0 radical (unpaired) electrons. The van der Waals surface area contributed by atoms with Crippen molar-refractivity contribution in [3.05, 3.63) is 38.8 Å². The lowest BCUT2D eigenvalue weighted by molar-refractivity contribution is -0.136. The van der Waals surface area contributed by atoms with Crippen LogP contribution in [0.4, 0.5) is 0 Å². The molecule has 0 saturated heterocycles. The largest absolute Gasteiger partial charge is 0.505 e. The molecule has 0 aliphatic carbocycles. The second kappa shape index (κ2) is 5.13. The fourth-order valence-electron chi connectivity index (χ4n) is 2.34. The van der Waals surface area contributed by atoms with Crippen LogP contribution in [0.5, 0.6) is 0 Å². The summed E-state index contributed by atoms with van der Waals surface area (Å²) in [5.41, 5.74) is 1.40. The van der Waals surface area contributed by atoms with Gasteiger partial charge in [0.2, 0.25) is 0 Å². The average molecular weight is 279 g/mol. The Balaban J connectivity index is 2.63. The van der Waals surface area contributed by atoms with Gasteiger partial charge in [-0.15, -0.1) is 0 Å². The van der Waals surface area contributed by atoms with Gasteiger partial charge in [0.05, 0.1) is 25.5 Å². The second-order valence-corrected chi connectivity index (χ2v) is 4.70. The minimum absolute atomic E-state index is 0.0230. The first-order chi connectivity index (χ1) is 9.42. The van der Waals surface area contributed by atoms with Crippen molar-refractivity contribution in [3.63, 3.8) is 0 Å². The van der Waals surface area contributed by atoms with Crippen LogP contribution in [0, 0.1) is 6.92 Å². The van der Waals surface area contributed by atoms with Crippen molar-refractivity contribution in [3.8, 4) is 0 Å². The van der Waals surface area contributed by atoms with Gasteiger partial charge in [0.15, 0.2) is 5.76 Å². The maximum atomic E-state index is 12.3. The van der Waals surface area contributed by atoms with Gasteiger partial charge in [0.1, 0.15) is 5.57 Å². The third-order valence-electron chi connectivity index (χ3n) is 3.65. The molecule has 6 heteroatoms. The number of pyridine rings is 1. The number of esters is 1. The molecule has 20 heavy (non-hydrogen) atoms. The van der Waals surface area contributed by atoms with Gasteiger partial charge in [0.25, 0.3) is 5.56 Å². The van der Waals surface area contributed by atoms with Crippen molar-refractivity contribution < 1.29 is 19.4 Å². The van der Waals surface area contributed by atoms with E-state index in [0.29, 0.717) is 16.8 Å². The molecule has 0 fully saturated rings. The van der Waals surface area contributed by atoms with E-state index in [1.807, 2.05) is 6.92 Å². The zero-order valence-corrected chi connectivity index (χ0v) is 11.9. The van der Waals surface area contributed by atoms with Crippen molar-refractivity contribution in [2.75, 3.05) is 14.2 Å². The van der Waals surface area contributed by atoms with Crippen molar-refractivity contribution in [1.82, 2.24) is 4.57 Å². The van der Waals surface area contributed by atoms with E-state index in [-0.39, 0.29) is 29.5 Å². The summed E-state index contributed by atoms with van der Waals surface area (Å²) in [7, 11) is 2.78. The SMILES string of the molecule is COC(=O)C1=C(O)c2cc(C(C)OC)c(C)c(=O)n2C1. The number of nitrogens with zero attached hydrogens (tertiary/aromatic N) is 1. The highest BCUT2D eigenvalue weighted by Gasteiger charge is 2.29. The van der Waals surface area contributed by atoms with E-state index < -0.39 is 5.97 Å². The standard InChI is InChI=1S/C14H17NO5/c1-7-9(8(2)19-3)5-11-12(16)10(14(18)20-4)6-15(11)13(7)17/h5,8,16H,6H2,1-4H3. The molecule has 0 bridgehead atoms. The van der Waals surface area contributed by atoms with Gasteiger partial charge in [0, 0.05) is 12.7 Å². The van der Waals surface area contributed by atoms with Crippen LogP contribution in [-0.2, 0) is 20.8 Å². The molecule has 1 N–H and O–H groups in total. The number of fused-ring (bicyclic) bond motifs is 1. The number of hydrogen-bond donors (Lipinski definition) is 1. The highest BCUT2D eigenvalue weighted by atomic mass is 16.5. The summed E-state index contributed by atoms with van der Waals surface area (Å²) in [5.74, 6) is -0.844. The van der Waals surface area contributed by atoms with E-state index in [0.717, 1.165) is 0 Å². The Kier molecular flexibility index (Phi) is 3.67. The predicted molar refractivity (Wildman–Crippen MR) is 72.4 cm³/mol. The molecule has 0 saturated carbocycles. The summed E-state index contributed by atoms with van der Waals surface area (Å²) >= 11 is 0. The number of aliphatic hydroxyl groups is 1. The molecule has 1 aliphatic rings. The van der Waals surface area contributed by atoms with Crippen molar-refractivity contribution >= 4 is 11.7 Å². The smallest absolute Gasteiger partial charge is 0.339 e. The number of rotatable bonds is 3. The lowest BCUT2D eigenvalue weighted by Crippen LogP contribution is -2.25. The molecule has 1 aromatic heterocycles. The second-order valence-electron chi connectivity index (χ2n) is 4.70. The van der Waals surface area contributed by atoms with E-state index in [4.69, 9.17) is 4.74 Å². The predicted octanol–water partition coefficient (Wildman–Crippen LogP) is 1.32. The first-order valence-electron chi connectivity index (χ1n) is 6.20. The van der Waals surface area contributed by atoms with Gasteiger partial charge in [-0.25, -0.2) is 4.79 Å². The van der Waals surface area contributed by atoms with E-state index in [9.17, 15) is 14.7 Å². The van der Waals surface area contributed by atoms with Gasteiger partial charge in [-0.05, 0) is 25.5 Å². The fourth-order valence-corrected chi connectivity index (χ4v) is 2.34. The zero-order chi connectivity index (χ0) is 15.0. The Labute approximate surface area is 116 Å². The van der Waals surface area contributed by atoms with E-state index in [1.54, 1.807) is 20.1 Å². The number of carbonyl (C=O) groups excluding carboxylic acids is 1. The molecule has 0 spiro atoms. The van der Waals surface area contributed by atoms with Crippen LogP contribution in [0.1, 0.15) is 29.8 Å². The molecule has 6 nitrogen and oxygen atoms in total. The average Bonchev–Trinajstić information content (AvgIpc) is 2.78. The molecule has 2 rings (SSSR count). The summed E-state index contributed by atoms with van der Waals surface area (Å²) in [6, 6.07) is 1.68. The van der Waals surface area contributed by atoms with Gasteiger partial charge in [-0.2, -0.15) is 0 Å². The van der Waals surface area contributed by atoms with Gasteiger partial charge in [-0.1, -0.05) is 0 Å². The highest BCUT2D eigenvalue weighted by molar-refractivity contribution is 5.96. The van der Waals surface area contributed by atoms with Crippen LogP contribution in [0.3, 0.4) is 0 Å². The van der Waals surface area contributed by atoms with Crippen LogP contribution in [0.2, 0.25) is 0 Å². The third-order valence-corrected chi connectivity index (χ3v) is 3.65. The lowest BCUT2D eigenvalue weighted by atomic mass is 10.0. The van der Waals surface area contributed by atoms with Gasteiger partial charge in [-0.3, -0.25) is 4.79 Å². The Bertz CT molecular complexity index is 656. The van der Waals surface area contributed by atoms with E-state index in [1.165, 1.54) is 11.7 Å². The maximum Gasteiger partial charge on any atom is 0.339 e. The van der Waals surface area contributed by atoms with Crippen LogP contribution >= 0.6 is 0 Å². The molecule has 0 aromatic carbocycles. The number of aromatic nitrogens is 1. The quantitative estimate of drug-likeness (QED) is 0.844. The number of methoxy groups -OCH3 is 2. The first kappa shape index (κ1) is 14.3. The maximum absolute atomic E-state index is 12.3. The van der Waals surface area contributed by atoms with Crippen LogP contribution < -0.4 is 5.56 Å². The summed E-state index contributed by atoms with van der Waals surface area (Å²) in [6.45, 7) is 3.54. The minimum Gasteiger partial charge on any atom is -0.505 e. The monoisotopic (exact) mass is 279 g/mol. The van der Waals surface area contributed by atoms with Gasteiger partial charge >= 0.3 is 5.97 Å². The van der Waals surface area contributed by atoms with Crippen LogP contribution in [0.25, 0.3) is 5.76 Å². The molecular formula is C14H17NO5. The summed E-state index contributed by atoms with van der Waals surface area (Å²) in [4.78, 5) is 23.9. The first-order valence-corrected chi connectivity index (χ1v) is 6.20. The summed E-state index contributed by atoms with van der Waals surface area (Å²) in [5, 5.41) is 10.1. The summed E-state index contributed by atoms with van der Waals surface area (Å²) < 4.78 is 11.2. The molecule has 1 atom stereocenters. The minimum atomic E-state index is -0.635. The lowest BCUT2D eigenvalue weighted by Gasteiger charge is -2.15. The number of carbonyl (C=O) groups is 1. The van der Waals surface area contributed by atoms with Gasteiger partial charge < -0.3 is 19.1 Å². The summed E-state index contributed by atoms with van der Waals surface area (Å²) in [6.07, 6.45) is -0.274. The molecule has 108 valence electrons. The molecular weight excluding hydrogens is 262 g/mol. The Morgan fingerprint density at radius 1 is 1.45 bits per heavy atom. The van der Waals surface area contributed by atoms with Crippen molar-refractivity contribution in [2.45, 2.75) is 26.5 Å². The van der Waals surface area contributed by atoms with Crippen LogP contribution in [-0.4, -0.2) is 29.9 Å².